The number of hydrogen-bond acceptors (Lipinski definition) is 3. The molecule has 0 radical (unpaired) electrons. The fourth-order valence-corrected chi connectivity index (χ4v) is 2.72. The molecule has 6 heteroatoms. The van der Waals surface area contributed by atoms with Crippen molar-refractivity contribution in [1.29, 1.82) is 0 Å². The molecule has 0 aromatic heterocycles. The first kappa shape index (κ1) is 19.4. The van der Waals surface area contributed by atoms with Crippen LogP contribution >= 0.6 is 0 Å². The topological polar surface area (TPSA) is 66.8 Å². The van der Waals surface area contributed by atoms with Crippen LogP contribution in [-0.2, 0) is 16.1 Å². The van der Waals surface area contributed by atoms with E-state index in [1.165, 1.54) is 12.1 Å². The Labute approximate surface area is 152 Å². The Kier molecular flexibility index (Phi) is 6.33. The molecule has 0 heterocycles. The molecular formula is C20H22FNO4. The zero-order chi connectivity index (χ0) is 19.3. The van der Waals surface area contributed by atoms with E-state index in [4.69, 9.17) is 4.74 Å². The fourth-order valence-electron chi connectivity index (χ4n) is 2.72. The van der Waals surface area contributed by atoms with Gasteiger partial charge in [0.05, 0.1) is 0 Å². The number of amides is 1. The van der Waals surface area contributed by atoms with Gasteiger partial charge in [0.2, 0.25) is 0 Å². The number of ether oxygens (including phenoxy) is 1. The molecule has 1 unspecified atom stereocenters. The van der Waals surface area contributed by atoms with Crippen LogP contribution in [0.15, 0.2) is 48.5 Å². The van der Waals surface area contributed by atoms with E-state index < -0.39 is 30.0 Å². The Bertz CT molecular complexity index is 777. The largest absolute Gasteiger partial charge is 0.479 e. The molecule has 0 aliphatic carbocycles. The molecule has 1 amide bonds. The van der Waals surface area contributed by atoms with E-state index in [0.29, 0.717) is 5.56 Å². The molecule has 1 atom stereocenters. The van der Waals surface area contributed by atoms with Gasteiger partial charge in [0, 0.05) is 6.04 Å². The third-order valence-electron chi connectivity index (χ3n) is 4.02. The van der Waals surface area contributed by atoms with Gasteiger partial charge in [-0.25, -0.2) is 14.0 Å². The molecule has 1 N–H and O–H groups in total. The van der Waals surface area contributed by atoms with Gasteiger partial charge in [0.25, 0.3) is 0 Å². The summed E-state index contributed by atoms with van der Waals surface area (Å²) in [6.07, 6.45) is -0.764. The number of carboxylic acid groups (broad SMARTS) is 1. The molecule has 0 saturated carbocycles. The van der Waals surface area contributed by atoms with Gasteiger partial charge in [-0.15, -0.1) is 0 Å². The minimum Gasteiger partial charge on any atom is -0.479 e. The average molecular weight is 359 g/mol. The van der Waals surface area contributed by atoms with E-state index >= 15 is 0 Å². The third kappa shape index (κ3) is 4.59. The summed E-state index contributed by atoms with van der Waals surface area (Å²) < 4.78 is 19.0. The predicted octanol–water partition coefficient (Wildman–Crippen LogP) is 4.31. The minimum absolute atomic E-state index is 0.0252. The minimum atomic E-state index is -1.34. The number of nitrogens with zero attached hydrogens (tertiary/aromatic N) is 1. The second-order valence-corrected chi connectivity index (χ2v) is 6.28. The molecule has 0 fully saturated rings. The van der Waals surface area contributed by atoms with Crippen molar-refractivity contribution in [3.63, 3.8) is 0 Å². The van der Waals surface area contributed by atoms with Crippen LogP contribution in [0.2, 0.25) is 0 Å². The maximum absolute atomic E-state index is 13.7. The van der Waals surface area contributed by atoms with Gasteiger partial charge in [-0.2, -0.15) is 0 Å². The molecule has 138 valence electrons. The van der Waals surface area contributed by atoms with Gasteiger partial charge < -0.3 is 9.84 Å². The predicted molar refractivity (Wildman–Crippen MR) is 95.1 cm³/mol. The Morgan fingerprint density at radius 3 is 2.38 bits per heavy atom. The highest BCUT2D eigenvalue weighted by atomic mass is 19.1. The van der Waals surface area contributed by atoms with Gasteiger partial charge >= 0.3 is 12.1 Å². The van der Waals surface area contributed by atoms with Crippen molar-refractivity contribution in [2.45, 2.75) is 39.5 Å². The molecule has 0 aliphatic heterocycles. The van der Waals surface area contributed by atoms with E-state index in [1.807, 2.05) is 18.2 Å². The summed E-state index contributed by atoms with van der Waals surface area (Å²) in [7, 11) is 0. The molecule has 0 bridgehead atoms. The maximum Gasteiger partial charge on any atom is 0.411 e. The molecule has 26 heavy (non-hydrogen) atoms. The molecule has 2 aromatic carbocycles. The summed E-state index contributed by atoms with van der Waals surface area (Å²) in [4.78, 5) is 25.7. The smallest absolute Gasteiger partial charge is 0.411 e. The number of carbonyl (C=O) groups is 2. The monoisotopic (exact) mass is 359 g/mol. The number of aliphatic carboxylic acids is 1. The summed E-state index contributed by atoms with van der Waals surface area (Å²) in [6, 6.07) is 11.2. The summed E-state index contributed by atoms with van der Waals surface area (Å²) in [5.74, 6) is -1.80. The van der Waals surface area contributed by atoms with Gasteiger partial charge in [0.15, 0.2) is 6.04 Å². The molecule has 0 saturated heterocycles. The van der Waals surface area contributed by atoms with Crippen LogP contribution in [0.5, 0.6) is 0 Å². The second-order valence-electron chi connectivity index (χ2n) is 6.28. The van der Waals surface area contributed by atoms with Crippen LogP contribution in [0.3, 0.4) is 0 Å². The van der Waals surface area contributed by atoms with Crippen molar-refractivity contribution in [2.24, 2.45) is 0 Å². The average Bonchev–Trinajstić information content (AvgIpc) is 2.60. The Morgan fingerprint density at radius 1 is 1.15 bits per heavy atom. The fraction of sp³-hybridized carbons (Fsp3) is 0.300. The summed E-state index contributed by atoms with van der Waals surface area (Å²) >= 11 is 0. The van der Waals surface area contributed by atoms with Gasteiger partial charge in [-0.3, -0.25) is 4.90 Å². The number of halogens is 1. The zero-order valence-electron chi connectivity index (χ0n) is 15.0. The quantitative estimate of drug-likeness (QED) is 0.835. The lowest BCUT2D eigenvalue weighted by Crippen LogP contribution is -2.44. The standard InChI is InChI=1S/C20H22FNO4/c1-13(2)22(20(25)26-12-15-7-5-4-6-8-15)18(19(23)24)17-11-16(21)10-9-14(17)3/h4-11,13,18H,12H2,1-3H3,(H,23,24). The Morgan fingerprint density at radius 2 is 1.81 bits per heavy atom. The van der Waals surface area contributed by atoms with Gasteiger partial charge in [0.1, 0.15) is 12.4 Å². The first-order valence-corrected chi connectivity index (χ1v) is 8.29. The van der Waals surface area contributed by atoms with Crippen LogP contribution in [0.4, 0.5) is 9.18 Å². The highest BCUT2D eigenvalue weighted by Crippen LogP contribution is 2.28. The van der Waals surface area contributed by atoms with Gasteiger partial charge in [-0.1, -0.05) is 36.4 Å². The lowest BCUT2D eigenvalue weighted by Gasteiger charge is -2.32. The van der Waals surface area contributed by atoms with Crippen LogP contribution in [0.1, 0.15) is 36.6 Å². The van der Waals surface area contributed by atoms with Crippen LogP contribution in [-0.4, -0.2) is 28.1 Å². The zero-order valence-corrected chi connectivity index (χ0v) is 15.0. The Balaban J connectivity index is 2.30. The Hall–Kier alpha value is -2.89. The highest BCUT2D eigenvalue weighted by Gasteiger charge is 2.35. The van der Waals surface area contributed by atoms with E-state index in [1.54, 1.807) is 32.9 Å². The maximum atomic E-state index is 13.7. The van der Waals surface area contributed by atoms with Crippen molar-refractivity contribution in [3.8, 4) is 0 Å². The SMILES string of the molecule is Cc1ccc(F)cc1C(C(=O)O)N(C(=O)OCc1ccccc1)C(C)C. The first-order chi connectivity index (χ1) is 12.3. The van der Waals surface area contributed by atoms with Crippen molar-refractivity contribution < 1.29 is 23.8 Å². The molecule has 5 nitrogen and oxygen atoms in total. The summed E-state index contributed by atoms with van der Waals surface area (Å²) in [5.41, 5.74) is 1.60. The van der Waals surface area contributed by atoms with Crippen molar-refractivity contribution in [3.05, 3.63) is 71.0 Å². The van der Waals surface area contributed by atoms with Crippen molar-refractivity contribution >= 4 is 12.1 Å². The molecule has 0 aliphatic rings. The first-order valence-electron chi connectivity index (χ1n) is 8.29. The van der Waals surface area contributed by atoms with Crippen LogP contribution in [0.25, 0.3) is 0 Å². The van der Waals surface area contributed by atoms with E-state index in [2.05, 4.69) is 0 Å². The number of rotatable bonds is 6. The lowest BCUT2D eigenvalue weighted by molar-refractivity contribution is -0.143. The van der Waals surface area contributed by atoms with Crippen molar-refractivity contribution in [1.82, 2.24) is 4.90 Å². The third-order valence-corrected chi connectivity index (χ3v) is 4.02. The number of aryl methyl sites for hydroxylation is 1. The lowest BCUT2D eigenvalue weighted by atomic mass is 9.99. The molecular weight excluding hydrogens is 337 g/mol. The molecule has 2 rings (SSSR count). The van der Waals surface area contributed by atoms with E-state index in [-0.39, 0.29) is 12.2 Å². The highest BCUT2D eigenvalue weighted by molar-refractivity contribution is 5.82. The number of carboxylic acids is 1. The van der Waals surface area contributed by atoms with Crippen LogP contribution < -0.4 is 0 Å². The number of carbonyl (C=O) groups excluding carboxylic acids is 1. The summed E-state index contributed by atoms with van der Waals surface area (Å²) in [5, 5.41) is 9.72. The number of benzene rings is 2. The van der Waals surface area contributed by atoms with Gasteiger partial charge in [-0.05, 0) is 49.6 Å². The van der Waals surface area contributed by atoms with E-state index in [0.717, 1.165) is 16.5 Å². The molecule has 0 spiro atoms. The van der Waals surface area contributed by atoms with Crippen molar-refractivity contribution in [2.75, 3.05) is 0 Å². The normalized spacial score (nSPS) is 11.9. The van der Waals surface area contributed by atoms with Crippen LogP contribution in [0, 0.1) is 12.7 Å². The number of hydrogen-bond donors (Lipinski definition) is 1. The second kappa shape index (κ2) is 8.47. The van der Waals surface area contributed by atoms with E-state index in [9.17, 15) is 19.1 Å². The summed E-state index contributed by atoms with van der Waals surface area (Å²) in [6.45, 7) is 5.08. The molecule has 2 aromatic rings.